The molecule has 1 aromatic rings. The van der Waals surface area contributed by atoms with Gasteiger partial charge in [0.1, 0.15) is 5.54 Å². The summed E-state index contributed by atoms with van der Waals surface area (Å²) in [6.45, 7) is 7.02. The third-order valence-electron chi connectivity index (χ3n) is 4.24. The second kappa shape index (κ2) is 5.71. The van der Waals surface area contributed by atoms with E-state index in [0.29, 0.717) is 5.75 Å². The summed E-state index contributed by atoms with van der Waals surface area (Å²) in [6, 6.07) is 3.85. The average Bonchev–Trinajstić information content (AvgIpc) is 2.92. The number of fused-ring (bicyclic) bond motifs is 2. The van der Waals surface area contributed by atoms with Crippen LogP contribution in [0.15, 0.2) is 12.1 Å². The molecule has 0 radical (unpaired) electrons. The van der Waals surface area contributed by atoms with Gasteiger partial charge in [0.05, 0.1) is 11.4 Å². The van der Waals surface area contributed by atoms with Crippen LogP contribution < -0.4 is 19.7 Å². The lowest BCUT2D eigenvalue weighted by atomic mass is 9.97. The summed E-state index contributed by atoms with van der Waals surface area (Å²) in [6.07, 6.45) is 4.56. The van der Waals surface area contributed by atoms with Crippen LogP contribution in [-0.2, 0) is 4.79 Å². The SMILES string of the molecule is CCCCCCN1C(=O)C(C)(C)Nc2cc3c(cc21)OCO3. The van der Waals surface area contributed by atoms with Crippen molar-refractivity contribution in [1.29, 1.82) is 0 Å². The summed E-state index contributed by atoms with van der Waals surface area (Å²) in [5.74, 6) is 1.56. The van der Waals surface area contributed by atoms with Crippen LogP contribution in [0.5, 0.6) is 11.5 Å². The van der Waals surface area contributed by atoms with Crippen LogP contribution in [0.1, 0.15) is 46.5 Å². The van der Waals surface area contributed by atoms with Gasteiger partial charge in [0.25, 0.3) is 5.91 Å². The standard InChI is InChI=1S/C17H24N2O3/c1-4-5-6-7-8-19-13-10-15-14(21-11-22-15)9-12(13)18-17(2,3)16(19)20/h9-10,18H,4-8,11H2,1-3H3. The largest absolute Gasteiger partial charge is 0.454 e. The van der Waals surface area contributed by atoms with E-state index in [9.17, 15) is 4.79 Å². The minimum absolute atomic E-state index is 0.107. The van der Waals surface area contributed by atoms with Crippen LogP contribution in [0.2, 0.25) is 0 Å². The maximum Gasteiger partial charge on any atom is 0.252 e. The van der Waals surface area contributed by atoms with E-state index in [1.807, 2.05) is 30.9 Å². The van der Waals surface area contributed by atoms with Gasteiger partial charge in [-0.05, 0) is 20.3 Å². The Morgan fingerprint density at radius 3 is 2.64 bits per heavy atom. The predicted molar refractivity (Wildman–Crippen MR) is 86.8 cm³/mol. The third kappa shape index (κ3) is 2.60. The van der Waals surface area contributed by atoms with Gasteiger partial charge in [0.15, 0.2) is 11.5 Å². The van der Waals surface area contributed by atoms with Gasteiger partial charge in [0.2, 0.25) is 6.79 Å². The number of nitrogens with zero attached hydrogens (tertiary/aromatic N) is 1. The maximum atomic E-state index is 12.8. The second-order valence-electron chi connectivity index (χ2n) is 6.49. The molecule has 2 heterocycles. The summed E-state index contributed by atoms with van der Waals surface area (Å²) in [5, 5.41) is 3.32. The number of nitrogens with one attached hydrogen (secondary N) is 1. The molecule has 0 saturated carbocycles. The molecule has 3 rings (SSSR count). The molecule has 5 heteroatoms. The van der Waals surface area contributed by atoms with Gasteiger partial charge >= 0.3 is 0 Å². The minimum atomic E-state index is -0.606. The number of hydrogen-bond acceptors (Lipinski definition) is 4. The Labute approximate surface area is 131 Å². The van der Waals surface area contributed by atoms with Crippen LogP contribution in [0.3, 0.4) is 0 Å². The first-order valence-corrected chi connectivity index (χ1v) is 8.06. The molecule has 1 N–H and O–H groups in total. The van der Waals surface area contributed by atoms with E-state index < -0.39 is 5.54 Å². The Balaban J connectivity index is 1.89. The Hall–Kier alpha value is -1.91. The van der Waals surface area contributed by atoms with Crippen molar-refractivity contribution in [3.05, 3.63) is 12.1 Å². The Morgan fingerprint density at radius 2 is 1.91 bits per heavy atom. The molecule has 120 valence electrons. The van der Waals surface area contributed by atoms with Gasteiger partial charge < -0.3 is 19.7 Å². The lowest BCUT2D eigenvalue weighted by Crippen LogP contribution is -2.54. The zero-order valence-electron chi connectivity index (χ0n) is 13.6. The van der Waals surface area contributed by atoms with Crippen LogP contribution in [0.25, 0.3) is 0 Å². The molecule has 5 nitrogen and oxygen atoms in total. The lowest BCUT2D eigenvalue weighted by molar-refractivity contribution is -0.122. The fraction of sp³-hybridized carbons (Fsp3) is 0.588. The van der Waals surface area contributed by atoms with Gasteiger partial charge in [-0.2, -0.15) is 0 Å². The first-order valence-electron chi connectivity index (χ1n) is 8.06. The first kappa shape index (κ1) is 15.0. The molecular formula is C17H24N2O3. The third-order valence-corrected chi connectivity index (χ3v) is 4.24. The van der Waals surface area contributed by atoms with Crippen molar-refractivity contribution in [2.75, 3.05) is 23.6 Å². The zero-order valence-corrected chi connectivity index (χ0v) is 13.6. The van der Waals surface area contributed by atoms with Crippen LogP contribution >= 0.6 is 0 Å². The van der Waals surface area contributed by atoms with E-state index in [1.165, 1.54) is 12.8 Å². The molecule has 1 aromatic carbocycles. The molecule has 2 aliphatic rings. The fourth-order valence-corrected chi connectivity index (χ4v) is 3.01. The number of anilines is 2. The van der Waals surface area contributed by atoms with Crippen LogP contribution in [-0.4, -0.2) is 24.8 Å². The molecule has 0 bridgehead atoms. The van der Waals surface area contributed by atoms with Crippen molar-refractivity contribution in [2.45, 2.75) is 52.0 Å². The number of rotatable bonds is 5. The van der Waals surface area contributed by atoms with Crippen LogP contribution in [0.4, 0.5) is 11.4 Å². The number of ether oxygens (including phenoxy) is 2. The van der Waals surface area contributed by atoms with Gasteiger partial charge in [-0.3, -0.25) is 4.79 Å². The minimum Gasteiger partial charge on any atom is -0.454 e. The monoisotopic (exact) mass is 304 g/mol. The van der Waals surface area contributed by atoms with E-state index in [1.54, 1.807) is 0 Å². The summed E-state index contributed by atoms with van der Waals surface area (Å²) in [5.41, 5.74) is 1.22. The maximum absolute atomic E-state index is 12.8. The van der Waals surface area contributed by atoms with Gasteiger partial charge in [-0.1, -0.05) is 26.2 Å². The molecule has 0 saturated heterocycles. The molecule has 22 heavy (non-hydrogen) atoms. The normalized spacial score (nSPS) is 18.1. The molecule has 0 unspecified atom stereocenters. The highest BCUT2D eigenvalue weighted by molar-refractivity contribution is 6.07. The van der Waals surface area contributed by atoms with E-state index in [2.05, 4.69) is 12.2 Å². The summed E-state index contributed by atoms with van der Waals surface area (Å²) >= 11 is 0. The predicted octanol–water partition coefficient (Wildman–Crippen LogP) is 3.53. The topological polar surface area (TPSA) is 50.8 Å². The number of unbranched alkanes of at least 4 members (excludes halogenated alkanes) is 3. The molecule has 0 atom stereocenters. The number of benzene rings is 1. The molecule has 0 aromatic heterocycles. The van der Waals surface area contributed by atoms with Gasteiger partial charge in [0, 0.05) is 18.7 Å². The van der Waals surface area contributed by atoms with E-state index in [0.717, 1.165) is 36.5 Å². The van der Waals surface area contributed by atoms with Gasteiger partial charge in [-0.25, -0.2) is 0 Å². The quantitative estimate of drug-likeness (QED) is 0.845. The molecule has 1 amide bonds. The van der Waals surface area contributed by atoms with Gasteiger partial charge in [-0.15, -0.1) is 0 Å². The van der Waals surface area contributed by atoms with Crippen molar-refractivity contribution in [3.63, 3.8) is 0 Å². The Kier molecular flexibility index (Phi) is 3.89. The van der Waals surface area contributed by atoms with E-state index in [-0.39, 0.29) is 12.7 Å². The summed E-state index contributed by atoms with van der Waals surface area (Å²) in [4.78, 5) is 14.7. The Morgan fingerprint density at radius 1 is 1.18 bits per heavy atom. The smallest absolute Gasteiger partial charge is 0.252 e. The highest BCUT2D eigenvalue weighted by Crippen LogP contribution is 2.44. The van der Waals surface area contributed by atoms with Crippen molar-refractivity contribution >= 4 is 17.3 Å². The molecule has 0 fully saturated rings. The van der Waals surface area contributed by atoms with Crippen molar-refractivity contribution < 1.29 is 14.3 Å². The lowest BCUT2D eigenvalue weighted by Gasteiger charge is -2.40. The summed E-state index contributed by atoms with van der Waals surface area (Å²) in [7, 11) is 0. The molecule has 0 spiro atoms. The summed E-state index contributed by atoms with van der Waals surface area (Å²) < 4.78 is 10.9. The number of carbonyl (C=O) groups excluding carboxylic acids is 1. The van der Waals surface area contributed by atoms with Crippen molar-refractivity contribution in [2.24, 2.45) is 0 Å². The highest BCUT2D eigenvalue weighted by Gasteiger charge is 2.39. The van der Waals surface area contributed by atoms with Crippen molar-refractivity contribution in [1.82, 2.24) is 0 Å². The highest BCUT2D eigenvalue weighted by atomic mass is 16.7. The first-order chi connectivity index (χ1) is 10.5. The van der Waals surface area contributed by atoms with Crippen LogP contribution in [0, 0.1) is 0 Å². The average molecular weight is 304 g/mol. The van der Waals surface area contributed by atoms with E-state index >= 15 is 0 Å². The molecule has 2 aliphatic heterocycles. The Bertz CT molecular complexity index is 584. The molecule has 0 aliphatic carbocycles. The van der Waals surface area contributed by atoms with Crippen molar-refractivity contribution in [3.8, 4) is 11.5 Å². The zero-order chi connectivity index (χ0) is 15.7. The number of hydrogen-bond donors (Lipinski definition) is 1. The second-order valence-corrected chi connectivity index (χ2v) is 6.49. The molecular weight excluding hydrogens is 280 g/mol. The fourth-order valence-electron chi connectivity index (χ4n) is 3.01. The number of carbonyl (C=O) groups is 1. The van der Waals surface area contributed by atoms with E-state index in [4.69, 9.17) is 9.47 Å². The number of amides is 1.